The Morgan fingerprint density at radius 1 is 1.23 bits per heavy atom. The molecule has 0 atom stereocenters. The molecule has 0 radical (unpaired) electrons. The average Bonchev–Trinajstić information content (AvgIpc) is 3.08. The molecule has 0 aliphatic carbocycles. The average molecular weight is 394 g/mol. The molecule has 0 unspecified atom stereocenters. The van der Waals surface area contributed by atoms with Crippen molar-refractivity contribution in [1.29, 1.82) is 0 Å². The lowest BCUT2D eigenvalue weighted by Gasteiger charge is -2.07. The number of aromatic nitrogens is 3. The van der Waals surface area contributed by atoms with Crippen molar-refractivity contribution in [2.45, 2.75) is 17.5 Å². The third-order valence-electron chi connectivity index (χ3n) is 3.64. The van der Waals surface area contributed by atoms with E-state index in [0.29, 0.717) is 0 Å². The van der Waals surface area contributed by atoms with Gasteiger partial charge in [-0.25, -0.2) is 17.2 Å². The van der Waals surface area contributed by atoms with E-state index in [2.05, 4.69) is 10.1 Å². The molecule has 3 aromatic rings. The molecule has 6 nitrogen and oxygen atoms in total. The number of H-pyrrole nitrogens is 1. The van der Waals surface area contributed by atoms with E-state index in [1.807, 2.05) is 4.72 Å². The predicted molar refractivity (Wildman–Crippen MR) is 82.3 cm³/mol. The maximum Gasteiger partial charge on any atom is 0.416 e. The van der Waals surface area contributed by atoms with Crippen molar-refractivity contribution in [3.05, 3.63) is 41.7 Å². The van der Waals surface area contributed by atoms with Crippen LogP contribution in [0.4, 0.5) is 27.8 Å². The van der Waals surface area contributed by atoms with Crippen molar-refractivity contribution in [2.75, 3.05) is 4.72 Å². The number of hydrogen-bond acceptors (Lipinski definition) is 3. The Hall–Kier alpha value is -2.63. The third kappa shape index (κ3) is 3.23. The van der Waals surface area contributed by atoms with Crippen molar-refractivity contribution < 1.29 is 30.4 Å². The molecule has 2 N–H and O–H groups in total. The lowest BCUT2D eigenvalue weighted by molar-refractivity contribution is -0.137. The maximum atomic E-state index is 12.8. The minimum Gasteiger partial charge on any atom is -0.360 e. The molecule has 0 saturated carbocycles. The van der Waals surface area contributed by atoms with E-state index < -0.39 is 33.9 Å². The van der Waals surface area contributed by atoms with E-state index in [0.717, 1.165) is 35.1 Å². The van der Waals surface area contributed by atoms with Gasteiger partial charge in [0.2, 0.25) is 0 Å². The minimum atomic E-state index is -4.57. The zero-order valence-electron chi connectivity index (χ0n) is 13.0. The Kier molecular flexibility index (Phi) is 4.17. The Morgan fingerprint density at radius 2 is 1.92 bits per heavy atom. The first-order valence-corrected chi connectivity index (χ1v) is 8.50. The zero-order valence-corrected chi connectivity index (χ0v) is 13.8. The molecule has 0 aliphatic heterocycles. The number of aryl methyl sites for hydroxylation is 1. The second kappa shape index (κ2) is 5.97. The lowest BCUT2D eigenvalue weighted by Crippen LogP contribution is -2.13. The fourth-order valence-corrected chi connectivity index (χ4v) is 3.59. The van der Waals surface area contributed by atoms with E-state index in [4.69, 9.17) is 0 Å². The Bertz CT molecular complexity index is 1070. The monoisotopic (exact) mass is 394 g/mol. The smallest absolute Gasteiger partial charge is 0.360 e. The largest absolute Gasteiger partial charge is 0.416 e. The van der Waals surface area contributed by atoms with Crippen LogP contribution in [0.25, 0.3) is 10.9 Å². The first-order chi connectivity index (χ1) is 12.0. The number of halogens is 5. The summed E-state index contributed by atoms with van der Waals surface area (Å²) in [4.78, 5) is 2.13. The van der Waals surface area contributed by atoms with E-state index in [1.54, 1.807) is 0 Å². The van der Waals surface area contributed by atoms with Crippen LogP contribution < -0.4 is 4.72 Å². The topological polar surface area (TPSA) is 79.8 Å². The summed E-state index contributed by atoms with van der Waals surface area (Å²) in [5.41, 5.74) is -1.46. The van der Waals surface area contributed by atoms with Crippen LogP contribution in [-0.4, -0.2) is 23.2 Å². The number of nitrogens with one attached hydrogen (secondary N) is 2. The minimum absolute atomic E-state index is 0.0236. The van der Waals surface area contributed by atoms with Gasteiger partial charge >= 0.3 is 6.18 Å². The highest BCUT2D eigenvalue weighted by molar-refractivity contribution is 7.93. The first-order valence-electron chi connectivity index (χ1n) is 7.02. The second-order valence-corrected chi connectivity index (χ2v) is 7.05. The molecule has 0 fully saturated rings. The van der Waals surface area contributed by atoms with Gasteiger partial charge in [0.15, 0.2) is 5.82 Å². The van der Waals surface area contributed by atoms with Gasteiger partial charge < -0.3 is 4.98 Å². The number of rotatable bonds is 4. The molecular weight excluding hydrogens is 383 g/mol. The number of sulfonamides is 1. The van der Waals surface area contributed by atoms with E-state index in [9.17, 15) is 30.4 Å². The molecule has 26 heavy (non-hydrogen) atoms. The number of fused-ring (bicyclic) bond motifs is 1. The van der Waals surface area contributed by atoms with Gasteiger partial charge in [0.05, 0.1) is 5.56 Å². The van der Waals surface area contributed by atoms with Crippen LogP contribution in [-0.2, 0) is 23.2 Å². The molecule has 3 rings (SSSR count). The van der Waals surface area contributed by atoms with Crippen LogP contribution in [0.2, 0.25) is 0 Å². The zero-order chi connectivity index (χ0) is 19.3. The fourth-order valence-electron chi connectivity index (χ4n) is 2.43. The van der Waals surface area contributed by atoms with Gasteiger partial charge in [0, 0.05) is 30.2 Å². The van der Waals surface area contributed by atoms with Crippen molar-refractivity contribution in [3.63, 3.8) is 0 Å². The number of hydrogen-bond donors (Lipinski definition) is 2. The van der Waals surface area contributed by atoms with Crippen molar-refractivity contribution >= 4 is 26.7 Å². The SMILES string of the molecule is Cn1nc(NS(=O)(=O)c2c[nH]c3cc(C(F)(F)F)ccc23)cc1C(F)F. The molecule has 2 heterocycles. The lowest BCUT2D eigenvalue weighted by atomic mass is 10.1. The van der Waals surface area contributed by atoms with Crippen LogP contribution in [0.15, 0.2) is 35.4 Å². The molecule has 0 saturated heterocycles. The highest BCUT2D eigenvalue weighted by Gasteiger charge is 2.31. The second-order valence-electron chi connectivity index (χ2n) is 5.40. The van der Waals surface area contributed by atoms with Crippen LogP contribution in [0.5, 0.6) is 0 Å². The summed E-state index contributed by atoms with van der Waals surface area (Å²) in [6, 6.07) is 3.43. The van der Waals surface area contributed by atoms with E-state index >= 15 is 0 Å². The van der Waals surface area contributed by atoms with Gasteiger partial charge in [-0.1, -0.05) is 6.07 Å². The van der Waals surface area contributed by atoms with E-state index in [-0.39, 0.29) is 21.6 Å². The van der Waals surface area contributed by atoms with Crippen molar-refractivity contribution in [1.82, 2.24) is 14.8 Å². The quantitative estimate of drug-likeness (QED) is 0.663. The summed E-state index contributed by atoms with van der Waals surface area (Å²) < 4.78 is 91.5. The van der Waals surface area contributed by atoms with Gasteiger partial charge in [-0.3, -0.25) is 9.40 Å². The number of anilines is 1. The van der Waals surface area contributed by atoms with Crippen LogP contribution >= 0.6 is 0 Å². The summed E-state index contributed by atoms with van der Waals surface area (Å²) in [6.45, 7) is 0. The fraction of sp³-hybridized carbons (Fsp3) is 0.214. The van der Waals surface area contributed by atoms with Gasteiger partial charge in [-0.05, 0) is 12.1 Å². The van der Waals surface area contributed by atoms with Crippen LogP contribution in [0.3, 0.4) is 0 Å². The van der Waals surface area contributed by atoms with Crippen LogP contribution in [0, 0.1) is 0 Å². The van der Waals surface area contributed by atoms with Gasteiger partial charge in [0.25, 0.3) is 16.4 Å². The molecule has 140 valence electrons. The van der Waals surface area contributed by atoms with Crippen molar-refractivity contribution in [3.8, 4) is 0 Å². The number of benzene rings is 1. The van der Waals surface area contributed by atoms with Crippen LogP contribution in [0.1, 0.15) is 17.7 Å². The summed E-state index contributed by atoms with van der Waals surface area (Å²) in [7, 11) is -3.03. The summed E-state index contributed by atoms with van der Waals surface area (Å²) in [5.74, 6) is -0.330. The molecular formula is C14H11F5N4O2S. The number of aromatic amines is 1. The highest BCUT2D eigenvalue weighted by atomic mass is 32.2. The molecule has 2 aromatic heterocycles. The Morgan fingerprint density at radius 3 is 2.50 bits per heavy atom. The Labute approximate surface area is 143 Å². The standard InChI is InChI=1S/C14H11F5N4O2S/c1-23-10(13(15)16)5-12(21-23)22-26(24,25)11-6-20-9-4-7(14(17,18)19)2-3-8(9)11/h2-6,13,20H,1H3,(H,21,22). The van der Waals surface area contributed by atoms with Gasteiger partial charge in [-0.2, -0.15) is 18.3 Å². The third-order valence-corrected chi connectivity index (χ3v) is 5.03. The maximum absolute atomic E-state index is 12.8. The molecule has 1 aromatic carbocycles. The molecule has 12 heteroatoms. The molecule has 0 bridgehead atoms. The van der Waals surface area contributed by atoms with Crippen molar-refractivity contribution in [2.24, 2.45) is 7.05 Å². The summed E-state index contributed by atoms with van der Waals surface area (Å²) >= 11 is 0. The highest BCUT2D eigenvalue weighted by Crippen LogP contribution is 2.33. The normalized spacial score (nSPS) is 12.9. The van der Waals surface area contributed by atoms with Gasteiger partial charge in [0.1, 0.15) is 10.6 Å². The number of alkyl halides is 5. The number of nitrogens with zero attached hydrogens (tertiary/aromatic N) is 2. The molecule has 0 amide bonds. The van der Waals surface area contributed by atoms with E-state index in [1.165, 1.54) is 7.05 Å². The molecule has 0 spiro atoms. The molecule has 0 aliphatic rings. The Balaban J connectivity index is 1.98. The summed E-state index contributed by atoms with van der Waals surface area (Å²) in [5, 5.41) is 3.66. The first kappa shape index (κ1) is 18.2. The summed E-state index contributed by atoms with van der Waals surface area (Å²) in [6.07, 6.45) is -6.40. The van der Waals surface area contributed by atoms with Gasteiger partial charge in [-0.15, -0.1) is 0 Å². The predicted octanol–water partition coefficient (Wildman–Crippen LogP) is 3.66.